The highest BCUT2D eigenvalue weighted by Crippen LogP contribution is 2.08. The number of ether oxygens (including phenoxy) is 1. The fourth-order valence-corrected chi connectivity index (χ4v) is 1.23. The standard InChI is InChI=1S/C8H11N.C4H8O/c1-7(2)8-5-3-4-6-9-8;1-2-4-5-3-1/h3-7H,1-2H3;1-4H2. The lowest BCUT2D eigenvalue weighted by molar-refractivity contribution is 0.198. The number of rotatable bonds is 1. The summed E-state index contributed by atoms with van der Waals surface area (Å²) in [5.74, 6) is 0.547. The highest BCUT2D eigenvalue weighted by molar-refractivity contribution is 5.06. The first-order chi connectivity index (χ1) is 6.80. The van der Waals surface area contributed by atoms with Gasteiger partial charge in [-0.05, 0) is 30.9 Å². The van der Waals surface area contributed by atoms with E-state index in [1.54, 1.807) is 0 Å². The van der Waals surface area contributed by atoms with Crippen LogP contribution < -0.4 is 0 Å². The molecule has 2 heterocycles. The Labute approximate surface area is 86.3 Å². The van der Waals surface area contributed by atoms with Crippen LogP contribution in [0.2, 0.25) is 0 Å². The molecule has 0 unspecified atom stereocenters. The first-order valence-electron chi connectivity index (χ1n) is 5.29. The molecule has 14 heavy (non-hydrogen) atoms. The Hall–Kier alpha value is -0.890. The lowest BCUT2D eigenvalue weighted by atomic mass is 10.1. The summed E-state index contributed by atoms with van der Waals surface area (Å²) in [6.45, 7) is 6.28. The van der Waals surface area contributed by atoms with Crippen LogP contribution in [0.1, 0.15) is 38.3 Å². The second-order valence-electron chi connectivity index (χ2n) is 3.73. The third-order valence-electron chi connectivity index (χ3n) is 2.11. The lowest BCUT2D eigenvalue weighted by Gasteiger charge is -2.00. The highest BCUT2D eigenvalue weighted by atomic mass is 16.5. The second-order valence-corrected chi connectivity index (χ2v) is 3.73. The van der Waals surface area contributed by atoms with Crippen LogP contribution in [0.3, 0.4) is 0 Å². The molecule has 0 radical (unpaired) electrons. The summed E-state index contributed by atoms with van der Waals surface area (Å²) < 4.78 is 4.94. The van der Waals surface area contributed by atoms with Crippen LogP contribution >= 0.6 is 0 Å². The maximum Gasteiger partial charge on any atom is 0.0466 e. The summed E-state index contributed by atoms with van der Waals surface area (Å²) in [6.07, 6.45) is 4.38. The van der Waals surface area contributed by atoms with Crippen molar-refractivity contribution in [3.05, 3.63) is 30.1 Å². The van der Waals surface area contributed by atoms with E-state index in [0.29, 0.717) is 5.92 Å². The topological polar surface area (TPSA) is 22.1 Å². The molecule has 0 aromatic carbocycles. The van der Waals surface area contributed by atoms with Crippen molar-refractivity contribution in [1.29, 1.82) is 0 Å². The van der Waals surface area contributed by atoms with Crippen molar-refractivity contribution in [2.75, 3.05) is 13.2 Å². The summed E-state index contributed by atoms with van der Waals surface area (Å²) in [6, 6.07) is 6.00. The SMILES string of the molecule is C1CCOC1.CC(C)c1ccccn1. The van der Waals surface area contributed by atoms with Crippen molar-refractivity contribution in [1.82, 2.24) is 4.98 Å². The fraction of sp³-hybridized carbons (Fsp3) is 0.583. The fourth-order valence-electron chi connectivity index (χ4n) is 1.23. The minimum absolute atomic E-state index is 0.547. The van der Waals surface area contributed by atoms with Crippen LogP contribution in [-0.4, -0.2) is 18.2 Å². The van der Waals surface area contributed by atoms with Crippen LogP contribution in [0.4, 0.5) is 0 Å². The molecule has 1 fully saturated rings. The Morgan fingerprint density at radius 3 is 2.21 bits per heavy atom. The molecule has 0 spiro atoms. The molecule has 2 nitrogen and oxygen atoms in total. The van der Waals surface area contributed by atoms with Gasteiger partial charge in [-0.3, -0.25) is 4.98 Å². The van der Waals surface area contributed by atoms with Crippen LogP contribution in [0.5, 0.6) is 0 Å². The average Bonchev–Trinajstić information content (AvgIpc) is 2.77. The third-order valence-corrected chi connectivity index (χ3v) is 2.11. The maximum atomic E-state index is 4.94. The molecular weight excluding hydrogens is 174 g/mol. The molecule has 1 aliphatic rings. The number of hydrogen-bond acceptors (Lipinski definition) is 2. The Kier molecular flexibility index (Phi) is 5.23. The number of hydrogen-bond donors (Lipinski definition) is 0. The summed E-state index contributed by atoms with van der Waals surface area (Å²) >= 11 is 0. The molecule has 78 valence electrons. The van der Waals surface area contributed by atoms with Gasteiger partial charge in [0.1, 0.15) is 0 Å². The van der Waals surface area contributed by atoms with E-state index in [0.717, 1.165) is 18.9 Å². The van der Waals surface area contributed by atoms with E-state index in [2.05, 4.69) is 18.8 Å². The average molecular weight is 193 g/mol. The van der Waals surface area contributed by atoms with Gasteiger partial charge in [0.15, 0.2) is 0 Å². The van der Waals surface area contributed by atoms with Crippen molar-refractivity contribution >= 4 is 0 Å². The normalized spacial score (nSPS) is 15.1. The third kappa shape index (κ3) is 4.38. The maximum absolute atomic E-state index is 4.94. The first kappa shape index (κ1) is 11.2. The molecular formula is C12H19NO. The Morgan fingerprint density at radius 1 is 1.21 bits per heavy atom. The van der Waals surface area contributed by atoms with Crippen molar-refractivity contribution in [2.24, 2.45) is 0 Å². The Bertz CT molecular complexity index is 222. The van der Waals surface area contributed by atoms with Gasteiger partial charge in [-0.25, -0.2) is 0 Å². The van der Waals surface area contributed by atoms with Crippen LogP contribution in [0.25, 0.3) is 0 Å². The number of aromatic nitrogens is 1. The minimum atomic E-state index is 0.547. The van der Waals surface area contributed by atoms with Gasteiger partial charge in [0, 0.05) is 25.1 Å². The van der Waals surface area contributed by atoms with Gasteiger partial charge in [-0.2, -0.15) is 0 Å². The van der Waals surface area contributed by atoms with Gasteiger partial charge < -0.3 is 4.74 Å². The van der Waals surface area contributed by atoms with Gasteiger partial charge in [-0.15, -0.1) is 0 Å². The first-order valence-corrected chi connectivity index (χ1v) is 5.29. The summed E-state index contributed by atoms with van der Waals surface area (Å²) in [7, 11) is 0. The van der Waals surface area contributed by atoms with Crippen molar-refractivity contribution in [2.45, 2.75) is 32.6 Å². The van der Waals surface area contributed by atoms with Crippen molar-refractivity contribution in [3.8, 4) is 0 Å². The molecule has 1 aliphatic heterocycles. The molecule has 0 bridgehead atoms. The monoisotopic (exact) mass is 193 g/mol. The van der Waals surface area contributed by atoms with Gasteiger partial charge >= 0.3 is 0 Å². The molecule has 2 rings (SSSR count). The van der Waals surface area contributed by atoms with Crippen LogP contribution in [0.15, 0.2) is 24.4 Å². The van der Waals surface area contributed by atoms with Gasteiger partial charge in [-0.1, -0.05) is 19.9 Å². The summed E-state index contributed by atoms with van der Waals surface area (Å²) in [4.78, 5) is 4.18. The molecule has 1 aromatic rings. The number of nitrogens with zero attached hydrogens (tertiary/aromatic N) is 1. The van der Waals surface area contributed by atoms with Crippen LogP contribution in [-0.2, 0) is 4.74 Å². The molecule has 0 saturated carbocycles. The molecule has 1 saturated heterocycles. The highest BCUT2D eigenvalue weighted by Gasteiger charge is 1.95. The second kappa shape index (κ2) is 6.55. The van der Waals surface area contributed by atoms with Gasteiger partial charge in [0.05, 0.1) is 0 Å². The lowest BCUT2D eigenvalue weighted by Crippen LogP contribution is -1.88. The molecule has 0 aliphatic carbocycles. The summed E-state index contributed by atoms with van der Waals surface area (Å²) in [5.41, 5.74) is 1.16. The summed E-state index contributed by atoms with van der Waals surface area (Å²) in [5, 5.41) is 0. The zero-order valence-electron chi connectivity index (χ0n) is 9.07. The van der Waals surface area contributed by atoms with Gasteiger partial charge in [0.25, 0.3) is 0 Å². The Balaban J connectivity index is 0.000000165. The van der Waals surface area contributed by atoms with E-state index in [4.69, 9.17) is 4.74 Å². The van der Waals surface area contributed by atoms with E-state index in [1.807, 2.05) is 24.4 Å². The smallest absolute Gasteiger partial charge is 0.0466 e. The quantitative estimate of drug-likeness (QED) is 0.684. The molecule has 1 aromatic heterocycles. The Morgan fingerprint density at radius 2 is 1.93 bits per heavy atom. The van der Waals surface area contributed by atoms with Crippen LogP contribution in [0, 0.1) is 0 Å². The van der Waals surface area contributed by atoms with Gasteiger partial charge in [0.2, 0.25) is 0 Å². The van der Waals surface area contributed by atoms with E-state index in [9.17, 15) is 0 Å². The molecule has 0 amide bonds. The van der Waals surface area contributed by atoms with E-state index in [1.165, 1.54) is 12.8 Å². The predicted molar refractivity (Wildman–Crippen MR) is 58.4 cm³/mol. The van der Waals surface area contributed by atoms with E-state index < -0.39 is 0 Å². The van der Waals surface area contributed by atoms with Crippen molar-refractivity contribution in [3.63, 3.8) is 0 Å². The zero-order chi connectivity index (χ0) is 10.2. The van der Waals surface area contributed by atoms with E-state index >= 15 is 0 Å². The zero-order valence-corrected chi connectivity index (χ0v) is 9.07. The number of pyridine rings is 1. The molecule has 0 atom stereocenters. The predicted octanol–water partition coefficient (Wildman–Crippen LogP) is 3.00. The molecule has 0 N–H and O–H groups in total. The minimum Gasteiger partial charge on any atom is -0.381 e. The largest absolute Gasteiger partial charge is 0.381 e. The van der Waals surface area contributed by atoms with Crippen molar-refractivity contribution < 1.29 is 4.74 Å². The van der Waals surface area contributed by atoms with E-state index in [-0.39, 0.29) is 0 Å². The molecule has 2 heteroatoms.